The van der Waals surface area contributed by atoms with Crippen molar-refractivity contribution in [1.29, 1.82) is 0 Å². The van der Waals surface area contributed by atoms with Crippen molar-refractivity contribution >= 4 is 34.8 Å². The maximum atomic E-state index is 13.9. The Hall–Kier alpha value is -3.29. The van der Waals surface area contributed by atoms with Gasteiger partial charge in [-0.15, -0.1) is 0 Å². The number of amides is 2. The van der Waals surface area contributed by atoms with Gasteiger partial charge in [-0.25, -0.2) is 0 Å². The van der Waals surface area contributed by atoms with Gasteiger partial charge in [-0.1, -0.05) is 41.9 Å². The number of carbonyl (C=O) groups is 2. The summed E-state index contributed by atoms with van der Waals surface area (Å²) in [6, 6.07) is 17.6. The molecule has 0 radical (unpaired) electrons. The zero-order chi connectivity index (χ0) is 26.0. The lowest BCUT2D eigenvalue weighted by Gasteiger charge is -2.20. The van der Waals surface area contributed by atoms with E-state index in [-0.39, 0.29) is 23.8 Å². The molecule has 1 fully saturated rings. The molecule has 0 heterocycles. The molecule has 188 valence electrons. The first-order chi connectivity index (χ1) is 17.1. The summed E-state index contributed by atoms with van der Waals surface area (Å²) in [7, 11) is 1.67. The third kappa shape index (κ3) is 5.74. The fraction of sp³-hybridized carbons (Fsp3) is 0.286. The van der Waals surface area contributed by atoms with Crippen LogP contribution in [0.3, 0.4) is 0 Å². The SMILES string of the molecule is CC(O)C(F)(F)c1ccc(CC(=O)Nc2ccc(C(=O)N(C)c3ccc(C4CC4)cc3Cl)cc2)cc1. The molecule has 2 N–H and O–H groups in total. The number of aliphatic hydroxyl groups excluding tert-OH is 1. The van der Waals surface area contributed by atoms with Gasteiger partial charge in [-0.3, -0.25) is 9.59 Å². The second-order valence-electron chi connectivity index (χ2n) is 9.15. The molecule has 1 aliphatic carbocycles. The summed E-state index contributed by atoms with van der Waals surface area (Å²) in [5.41, 5.74) is 3.00. The molecular weight excluding hydrogens is 486 g/mol. The third-order valence-corrected chi connectivity index (χ3v) is 6.63. The zero-order valence-electron chi connectivity index (χ0n) is 20.0. The number of hydrogen-bond acceptors (Lipinski definition) is 3. The van der Waals surface area contributed by atoms with Crippen LogP contribution in [0.15, 0.2) is 66.7 Å². The molecule has 3 aromatic carbocycles. The summed E-state index contributed by atoms with van der Waals surface area (Å²) in [6.45, 7) is 1.03. The van der Waals surface area contributed by atoms with Crippen LogP contribution in [0.1, 0.15) is 52.7 Å². The van der Waals surface area contributed by atoms with Gasteiger partial charge in [0.2, 0.25) is 5.91 Å². The van der Waals surface area contributed by atoms with Crippen LogP contribution in [-0.2, 0) is 17.1 Å². The second-order valence-corrected chi connectivity index (χ2v) is 9.55. The van der Waals surface area contributed by atoms with Crippen molar-refractivity contribution in [3.8, 4) is 0 Å². The summed E-state index contributed by atoms with van der Waals surface area (Å²) in [6.07, 6.45) is 0.510. The van der Waals surface area contributed by atoms with Gasteiger partial charge in [0.25, 0.3) is 11.8 Å². The first-order valence-electron chi connectivity index (χ1n) is 11.7. The summed E-state index contributed by atoms with van der Waals surface area (Å²) < 4.78 is 27.8. The molecule has 2 amide bonds. The number of aliphatic hydroxyl groups is 1. The molecule has 1 unspecified atom stereocenters. The highest BCUT2D eigenvalue weighted by Crippen LogP contribution is 2.42. The number of hydrogen-bond donors (Lipinski definition) is 2. The van der Waals surface area contributed by atoms with Gasteiger partial charge < -0.3 is 15.3 Å². The number of anilines is 2. The van der Waals surface area contributed by atoms with Gasteiger partial charge in [0, 0.05) is 23.9 Å². The predicted molar refractivity (Wildman–Crippen MR) is 137 cm³/mol. The van der Waals surface area contributed by atoms with E-state index in [4.69, 9.17) is 11.6 Å². The highest BCUT2D eigenvalue weighted by Gasteiger charge is 2.37. The number of alkyl halides is 2. The molecule has 0 saturated heterocycles. The first-order valence-corrected chi connectivity index (χ1v) is 12.1. The van der Waals surface area contributed by atoms with E-state index in [0.29, 0.717) is 33.4 Å². The third-order valence-electron chi connectivity index (χ3n) is 6.33. The van der Waals surface area contributed by atoms with Gasteiger partial charge in [0.05, 0.1) is 17.1 Å². The Balaban J connectivity index is 1.35. The van der Waals surface area contributed by atoms with Crippen LogP contribution in [0.25, 0.3) is 0 Å². The fourth-order valence-electron chi connectivity index (χ4n) is 3.94. The molecule has 0 bridgehead atoms. The zero-order valence-corrected chi connectivity index (χ0v) is 20.7. The molecule has 5 nitrogen and oxygen atoms in total. The molecule has 0 aliphatic heterocycles. The molecule has 1 atom stereocenters. The van der Waals surface area contributed by atoms with Gasteiger partial charge in [0.1, 0.15) is 6.10 Å². The Labute approximate surface area is 213 Å². The van der Waals surface area contributed by atoms with Crippen molar-refractivity contribution in [1.82, 2.24) is 0 Å². The van der Waals surface area contributed by atoms with Crippen LogP contribution in [0, 0.1) is 0 Å². The van der Waals surface area contributed by atoms with E-state index in [9.17, 15) is 23.5 Å². The average molecular weight is 513 g/mol. The lowest BCUT2D eigenvalue weighted by Crippen LogP contribution is -2.27. The smallest absolute Gasteiger partial charge is 0.298 e. The van der Waals surface area contributed by atoms with Crippen molar-refractivity contribution in [3.05, 3.63) is 94.0 Å². The molecule has 0 spiro atoms. The summed E-state index contributed by atoms with van der Waals surface area (Å²) in [4.78, 5) is 26.9. The highest BCUT2D eigenvalue weighted by atomic mass is 35.5. The highest BCUT2D eigenvalue weighted by molar-refractivity contribution is 6.34. The van der Waals surface area contributed by atoms with Crippen molar-refractivity contribution in [2.45, 2.75) is 44.1 Å². The second kappa shape index (κ2) is 10.4. The quantitative estimate of drug-likeness (QED) is 0.380. The van der Waals surface area contributed by atoms with Gasteiger partial charge in [-0.05, 0) is 73.2 Å². The average Bonchev–Trinajstić information content (AvgIpc) is 3.69. The number of nitrogens with zero attached hydrogens (tertiary/aromatic N) is 1. The fourth-order valence-corrected chi connectivity index (χ4v) is 4.26. The van der Waals surface area contributed by atoms with E-state index in [1.54, 1.807) is 31.3 Å². The molecule has 1 saturated carbocycles. The van der Waals surface area contributed by atoms with Crippen LogP contribution in [0.4, 0.5) is 20.2 Å². The van der Waals surface area contributed by atoms with Gasteiger partial charge >= 0.3 is 0 Å². The molecule has 1 aliphatic rings. The maximum absolute atomic E-state index is 13.9. The number of rotatable bonds is 8. The lowest BCUT2D eigenvalue weighted by molar-refractivity contribution is -0.115. The summed E-state index contributed by atoms with van der Waals surface area (Å²) in [5, 5.41) is 12.5. The van der Waals surface area contributed by atoms with Gasteiger partial charge in [0.15, 0.2) is 0 Å². The molecule has 0 aromatic heterocycles. The maximum Gasteiger partial charge on any atom is 0.298 e. The number of carbonyl (C=O) groups excluding carboxylic acids is 2. The van der Waals surface area contributed by atoms with Crippen LogP contribution >= 0.6 is 11.6 Å². The Kier molecular flexibility index (Phi) is 7.43. The molecule has 4 rings (SSSR count). The van der Waals surface area contributed by atoms with E-state index in [1.165, 1.54) is 47.6 Å². The van der Waals surface area contributed by atoms with E-state index >= 15 is 0 Å². The Bertz CT molecular complexity index is 1260. The van der Waals surface area contributed by atoms with Crippen LogP contribution in [0.5, 0.6) is 0 Å². The van der Waals surface area contributed by atoms with E-state index < -0.39 is 12.0 Å². The van der Waals surface area contributed by atoms with E-state index in [0.717, 1.165) is 6.92 Å². The monoisotopic (exact) mass is 512 g/mol. The molecule has 8 heteroatoms. The minimum absolute atomic E-state index is 0.0146. The van der Waals surface area contributed by atoms with Crippen molar-refractivity contribution in [2.75, 3.05) is 17.3 Å². The number of halogens is 3. The van der Waals surface area contributed by atoms with Crippen molar-refractivity contribution in [2.24, 2.45) is 0 Å². The number of benzene rings is 3. The topological polar surface area (TPSA) is 69.6 Å². The Morgan fingerprint density at radius 2 is 1.72 bits per heavy atom. The van der Waals surface area contributed by atoms with Crippen molar-refractivity contribution < 1.29 is 23.5 Å². The first kappa shape index (κ1) is 25.8. The normalized spacial score (nSPS) is 14.3. The Morgan fingerprint density at radius 3 is 2.28 bits per heavy atom. The Morgan fingerprint density at radius 1 is 1.08 bits per heavy atom. The van der Waals surface area contributed by atoms with Crippen LogP contribution < -0.4 is 10.2 Å². The van der Waals surface area contributed by atoms with E-state index in [1.807, 2.05) is 18.2 Å². The molecular formula is C28H27ClF2N2O3. The number of nitrogens with one attached hydrogen (secondary N) is 1. The molecule has 3 aromatic rings. The van der Waals surface area contributed by atoms with Crippen LogP contribution in [0.2, 0.25) is 5.02 Å². The predicted octanol–water partition coefficient (Wildman–Crippen LogP) is 6.15. The molecule has 36 heavy (non-hydrogen) atoms. The lowest BCUT2D eigenvalue weighted by atomic mass is 10.0. The largest absolute Gasteiger partial charge is 0.387 e. The minimum Gasteiger partial charge on any atom is -0.387 e. The minimum atomic E-state index is -3.36. The van der Waals surface area contributed by atoms with Crippen molar-refractivity contribution in [3.63, 3.8) is 0 Å². The summed E-state index contributed by atoms with van der Waals surface area (Å²) >= 11 is 6.43. The standard InChI is InChI=1S/C28H27ClF2N2O3/c1-17(34)28(30,31)22-10-3-18(4-11-22)15-26(35)32-23-12-7-20(8-13-23)27(36)33(2)25-14-9-21(16-24(25)29)19-5-6-19/h3-4,7-14,16-17,19,34H,5-6,15H2,1-2H3,(H,32,35). The van der Waals surface area contributed by atoms with Crippen LogP contribution in [-0.4, -0.2) is 30.1 Å². The van der Waals surface area contributed by atoms with Gasteiger partial charge in [-0.2, -0.15) is 8.78 Å². The summed E-state index contributed by atoms with van der Waals surface area (Å²) in [5.74, 6) is -3.36. The van der Waals surface area contributed by atoms with E-state index in [2.05, 4.69) is 5.32 Å².